The molecule has 4 nitrogen and oxygen atoms in total. The summed E-state index contributed by atoms with van der Waals surface area (Å²) in [6.07, 6.45) is -0.0272. The lowest BCUT2D eigenvalue weighted by Gasteiger charge is -2.03. The van der Waals surface area contributed by atoms with Gasteiger partial charge in [0.15, 0.2) is 4.73 Å². The zero-order chi connectivity index (χ0) is 11.7. The van der Waals surface area contributed by atoms with E-state index < -0.39 is 5.97 Å². The van der Waals surface area contributed by atoms with Gasteiger partial charge in [0.2, 0.25) is 0 Å². The van der Waals surface area contributed by atoms with Gasteiger partial charge in [0.25, 0.3) is 0 Å². The highest BCUT2D eigenvalue weighted by molar-refractivity contribution is 9.10. The van der Waals surface area contributed by atoms with Gasteiger partial charge in [-0.3, -0.25) is 4.79 Å². The zero-order valence-electron chi connectivity index (χ0n) is 8.15. The van der Waals surface area contributed by atoms with E-state index in [1.54, 1.807) is 10.6 Å². The Hall–Kier alpha value is -1.43. The average molecular weight is 287 g/mol. The van der Waals surface area contributed by atoms with Gasteiger partial charge < -0.3 is 9.67 Å². The topological polar surface area (TPSA) is 55.1 Å². The fourth-order valence-corrected chi connectivity index (χ4v) is 2.05. The SMILES string of the molecule is O=C(O)CCn1c(Br)nc2ccc(F)cc21. The molecular formula is C10H8BrFN2O2. The molecule has 0 radical (unpaired) electrons. The van der Waals surface area contributed by atoms with Crippen LogP contribution in [0.4, 0.5) is 4.39 Å². The highest BCUT2D eigenvalue weighted by Crippen LogP contribution is 2.21. The highest BCUT2D eigenvalue weighted by atomic mass is 79.9. The summed E-state index contributed by atoms with van der Waals surface area (Å²) in [5.74, 6) is -1.26. The Labute approximate surface area is 98.8 Å². The molecule has 0 aliphatic rings. The molecule has 1 N–H and O–H groups in total. The quantitative estimate of drug-likeness (QED) is 0.943. The van der Waals surface area contributed by atoms with Crippen LogP contribution in [0.15, 0.2) is 22.9 Å². The number of carbonyl (C=O) groups is 1. The predicted octanol–water partition coefficient (Wildman–Crippen LogP) is 2.41. The number of carboxylic acid groups (broad SMARTS) is 1. The van der Waals surface area contributed by atoms with E-state index in [1.807, 2.05) is 0 Å². The van der Waals surface area contributed by atoms with Crippen LogP contribution in [0.3, 0.4) is 0 Å². The second-order valence-electron chi connectivity index (χ2n) is 3.31. The maximum atomic E-state index is 13.1. The van der Waals surface area contributed by atoms with E-state index in [-0.39, 0.29) is 18.8 Å². The molecule has 1 aromatic heterocycles. The number of aliphatic carboxylic acids is 1. The van der Waals surface area contributed by atoms with Gasteiger partial charge in [-0.05, 0) is 34.1 Å². The van der Waals surface area contributed by atoms with Gasteiger partial charge in [-0.25, -0.2) is 9.37 Å². The van der Waals surface area contributed by atoms with Crippen LogP contribution in [-0.2, 0) is 11.3 Å². The van der Waals surface area contributed by atoms with Crippen molar-refractivity contribution in [3.8, 4) is 0 Å². The Kier molecular flexibility index (Phi) is 2.91. The summed E-state index contributed by atoms with van der Waals surface area (Å²) in [4.78, 5) is 14.6. The molecule has 84 valence electrons. The summed E-state index contributed by atoms with van der Waals surface area (Å²) in [6.45, 7) is 0.260. The minimum Gasteiger partial charge on any atom is -0.481 e. The molecular weight excluding hydrogens is 279 g/mol. The Morgan fingerprint density at radius 2 is 2.31 bits per heavy atom. The minimum atomic E-state index is -0.898. The first kappa shape index (κ1) is 11.1. The number of carboxylic acids is 1. The van der Waals surface area contributed by atoms with Gasteiger partial charge in [0.05, 0.1) is 17.5 Å². The van der Waals surface area contributed by atoms with Crippen LogP contribution in [-0.4, -0.2) is 20.6 Å². The van der Waals surface area contributed by atoms with E-state index in [0.717, 1.165) is 0 Å². The maximum Gasteiger partial charge on any atom is 0.305 e. The number of halogens is 2. The molecule has 0 aliphatic heterocycles. The molecule has 2 rings (SSSR count). The first-order valence-electron chi connectivity index (χ1n) is 4.61. The van der Waals surface area contributed by atoms with Crippen molar-refractivity contribution in [2.75, 3.05) is 0 Å². The van der Waals surface area contributed by atoms with Crippen LogP contribution in [0.2, 0.25) is 0 Å². The predicted molar refractivity (Wildman–Crippen MR) is 59.6 cm³/mol. The van der Waals surface area contributed by atoms with Crippen molar-refractivity contribution in [3.63, 3.8) is 0 Å². The van der Waals surface area contributed by atoms with E-state index in [2.05, 4.69) is 20.9 Å². The number of aryl methyl sites for hydroxylation is 1. The van der Waals surface area contributed by atoms with Crippen molar-refractivity contribution >= 4 is 32.9 Å². The molecule has 0 saturated heterocycles. The number of benzene rings is 1. The molecule has 0 spiro atoms. The third-order valence-corrected chi connectivity index (χ3v) is 2.82. The molecule has 1 heterocycles. The van der Waals surface area contributed by atoms with Gasteiger partial charge in [0, 0.05) is 6.54 Å². The lowest BCUT2D eigenvalue weighted by Crippen LogP contribution is -2.04. The molecule has 0 atom stereocenters. The van der Waals surface area contributed by atoms with E-state index in [4.69, 9.17) is 5.11 Å². The molecule has 0 fully saturated rings. The van der Waals surface area contributed by atoms with Gasteiger partial charge in [-0.15, -0.1) is 0 Å². The molecule has 0 aliphatic carbocycles. The van der Waals surface area contributed by atoms with Crippen molar-refractivity contribution in [2.45, 2.75) is 13.0 Å². The van der Waals surface area contributed by atoms with Gasteiger partial charge >= 0.3 is 5.97 Å². The van der Waals surface area contributed by atoms with Crippen LogP contribution in [0, 0.1) is 5.82 Å². The van der Waals surface area contributed by atoms with Crippen LogP contribution >= 0.6 is 15.9 Å². The number of hydrogen-bond acceptors (Lipinski definition) is 2. The van der Waals surface area contributed by atoms with E-state index in [9.17, 15) is 9.18 Å². The summed E-state index contributed by atoms with van der Waals surface area (Å²) in [5, 5.41) is 8.61. The van der Waals surface area contributed by atoms with E-state index in [1.165, 1.54) is 12.1 Å². The first-order chi connectivity index (χ1) is 7.58. The Balaban J connectivity index is 2.45. The summed E-state index contributed by atoms with van der Waals surface area (Å²) in [7, 11) is 0. The molecule has 0 amide bonds. The fraction of sp³-hybridized carbons (Fsp3) is 0.200. The monoisotopic (exact) mass is 286 g/mol. The lowest BCUT2D eigenvalue weighted by molar-refractivity contribution is -0.137. The maximum absolute atomic E-state index is 13.1. The summed E-state index contributed by atoms with van der Waals surface area (Å²) in [5.41, 5.74) is 1.23. The Bertz CT molecular complexity index is 553. The number of rotatable bonds is 3. The number of fused-ring (bicyclic) bond motifs is 1. The van der Waals surface area contributed by atoms with Crippen LogP contribution in [0.1, 0.15) is 6.42 Å². The molecule has 0 unspecified atom stereocenters. The molecule has 0 bridgehead atoms. The molecule has 16 heavy (non-hydrogen) atoms. The minimum absolute atomic E-state index is 0.0272. The van der Waals surface area contributed by atoms with Crippen molar-refractivity contribution in [3.05, 3.63) is 28.7 Å². The van der Waals surface area contributed by atoms with Gasteiger partial charge in [-0.2, -0.15) is 0 Å². The number of aromatic nitrogens is 2. The second kappa shape index (κ2) is 4.21. The molecule has 6 heteroatoms. The van der Waals surface area contributed by atoms with Crippen LogP contribution in [0.5, 0.6) is 0 Å². The number of hydrogen-bond donors (Lipinski definition) is 1. The Morgan fingerprint density at radius 3 is 3.00 bits per heavy atom. The van der Waals surface area contributed by atoms with Crippen LogP contribution < -0.4 is 0 Å². The average Bonchev–Trinajstić information content (AvgIpc) is 2.51. The molecule has 2 aromatic rings. The first-order valence-corrected chi connectivity index (χ1v) is 5.40. The third kappa shape index (κ3) is 2.06. The largest absolute Gasteiger partial charge is 0.481 e. The van der Waals surface area contributed by atoms with E-state index in [0.29, 0.717) is 15.8 Å². The summed E-state index contributed by atoms with van der Waals surface area (Å²) < 4.78 is 15.2. The highest BCUT2D eigenvalue weighted by Gasteiger charge is 2.10. The zero-order valence-corrected chi connectivity index (χ0v) is 9.74. The van der Waals surface area contributed by atoms with Gasteiger partial charge in [0.1, 0.15) is 5.82 Å². The van der Waals surface area contributed by atoms with Crippen LogP contribution in [0.25, 0.3) is 11.0 Å². The summed E-state index contributed by atoms with van der Waals surface area (Å²) in [6, 6.07) is 4.23. The van der Waals surface area contributed by atoms with Gasteiger partial charge in [-0.1, -0.05) is 0 Å². The molecule has 1 aromatic carbocycles. The normalized spacial score (nSPS) is 10.9. The standard InChI is InChI=1S/C10H8BrFN2O2/c11-10-13-7-2-1-6(12)5-8(7)14(10)4-3-9(15)16/h1-2,5H,3-4H2,(H,15,16). The second-order valence-corrected chi connectivity index (χ2v) is 4.02. The molecule has 0 saturated carbocycles. The summed E-state index contributed by atoms with van der Waals surface area (Å²) >= 11 is 3.22. The smallest absolute Gasteiger partial charge is 0.305 e. The van der Waals surface area contributed by atoms with Crippen molar-refractivity contribution < 1.29 is 14.3 Å². The van der Waals surface area contributed by atoms with E-state index >= 15 is 0 Å². The fourth-order valence-electron chi connectivity index (χ4n) is 1.49. The number of imidazole rings is 1. The van der Waals surface area contributed by atoms with Crippen molar-refractivity contribution in [1.29, 1.82) is 0 Å². The number of nitrogens with zero attached hydrogens (tertiary/aromatic N) is 2. The van der Waals surface area contributed by atoms with Crippen molar-refractivity contribution in [2.24, 2.45) is 0 Å². The Morgan fingerprint density at radius 1 is 1.56 bits per heavy atom. The lowest BCUT2D eigenvalue weighted by atomic mass is 10.3. The third-order valence-electron chi connectivity index (χ3n) is 2.21. The van der Waals surface area contributed by atoms with Crippen molar-refractivity contribution in [1.82, 2.24) is 9.55 Å².